The van der Waals surface area contributed by atoms with Gasteiger partial charge >= 0.3 is 12.0 Å². The number of carbonyl (C=O) groups excluding carboxylic acids is 1. The van der Waals surface area contributed by atoms with Crippen LogP contribution in [0.25, 0.3) is 0 Å². The maximum atomic E-state index is 12.2. The summed E-state index contributed by atoms with van der Waals surface area (Å²) in [5, 5.41) is 21.0. The van der Waals surface area contributed by atoms with Crippen LogP contribution in [-0.4, -0.2) is 52.9 Å². The fourth-order valence-electron chi connectivity index (χ4n) is 2.93. The molecule has 0 bridgehead atoms. The smallest absolute Gasteiger partial charge is 0.317 e. The van der Waals surface area contributed by atoms with Gasteiger partial charge in [0.1, 0.15) is 0 Å². The molecule has 0 heterocycles. The first-order valence-electron chi connectivity index (χ1n) is 7.85. The Kier molecular flexibility index (Phi) is 7.50. The molecule has 0 spiro atoms. The molecule has 1 aliphatic carbocycles. The molecule has 1 saturated carbocycles. The first-order valence-corrected chi connectivity index (χ1v) is 7.85. The summed E-state index contributed by atoms with van der Waals surface area (Å²) in [6, 6.07) is -0.119. The number of nitrogens with one attached hydrogen (secondary N) is 1. The van der Waals surface area contributed by atoms with Crippen molar-refractivity contribution in [3.8, 4) is 0 Å². The monoisotopic (exact) mass is 300 g/mol. The number of hydrogen-bond donors (Lipinski definition) is 3. The summed E-state index contributed by atoms with van der Waals surface area (Å²) in [5.74, 6) is -1.08. The van der Waals surface area contributed by atoms with Gasteiger partial charge in [-0.2, -0.15) is 0 Å². The second-order valence-electron chi connectivity index (χ2n) is 6.04. The Balaban J connectivity index is 2.50. The summed E-state index contributed by atoms with van der Waals surface area (Å²) < 4.78 is 0. The summed E-state index contributed by atoms with van der Waals surface area (Å²) in [5.41, 5.74) is 0. The number of hydrogen-bond acceptors (Lipinski definition) is 3. The van der Waals surface area contributed by atoms with E-state index in [1.165, 1.54) is 0 Å². The third-order valence-electron chi connectivity index (χ3n) is 4.18. The zero-order valence-electron chi connectivity index (χ0n) is 13.0. The molecule has 1 fully saturated rings. The number of aliphatic carboxylic acids is 1. The molecule has 2 unspecified atom stereocenters. The SMILES string of the molecule is CC(C)N(CCCO)C(=O)NCC1CCCCC1C(=O)O. The zero-order valence-corrected chi connectivity index (χ0v) is 13.0. The van der Waals surface area contributed by atoms with Crippen LogP contribution in [0.5, 0.6) is 0 Å². The number of nitrogens with zero attached hydrogens (tertiary/aromatic N) is 1. The minimum atomic E-state index is -0.755. The largest absolute Gasteiger partial charge is 0.481 e. The number of urea groups is 1. The zero-order chi connectivity index (χ0) is 15.8. The molecule has 2 amide bonds. The fraction of sp³-hybridized carbons (Fsp3) is 0.867. The van der Waals surface area contributed by atoms with Crippen LogP contribution in [0.3, 0.4) is 0 Å². The molecule has 0 saturated heterocycles. The first kappa shape index (κ1) is 17.8. The summed E-state index contributed by atoms with van der Waals surface area (Å²) in [6.45, 7) is 4.83. The van der Waals surface area contributed by atoms with Crippen molar-refractivity contribution in [3.05, 3.63) is 0 Å². The summed E-state index contributed by atoms with van der Waals surface area (Å²) in [6.07, 6.45) is 4.09. The second kappa shape index (κ2) is 8.87. The third kappa shape index (κ3) is 5.53. The standard InChI is InChI=1S/C15H28N2O4/c1-11(2)17(8-5-9-18)15(21)16-10-12-6-3-4-7-13(12)14(19)20/h11-13,18H,3-10H2,1-2H3,(H,16,21)(H,19,20). The average molecular weight is 300 g/mol. The van der Waals surface area contributed by atoms with Crippen molar-refractivity contribution < 1.29 is 19.8 Å². The van der Waals surface area contributed by atoms with Crippen LogP contribution >= 0.6 is 0 Å². The van der Waals surface area contributed by atoms with Gasteiger partial charge in [0.25, 0.3) is 0 Å². The predicted octanol–water partition coefficient (Wildman–Crippen LogP) is 1.68. The molecule has 122 valence electrons. The highest BCUT2D eigenvalue weighted by molar-refractivity contribution is 5.75. The fourth-order valence-corrected chi connectivity index (χ4v) is 2.93. The minimum absolute atomic E-state index is 0.0204. The highest BCUT2D eigenvalue weighted by Gasteiger charge is 2.31. The lowest BCUT2D eigenvalue weighted by atomic mass is 9.79. The number of aliphatic hydroxyl groups is 1. The highest BCUT2D eigenvalue weighted by atomic mass is 16.4. The molecule has 0 aliphatic heterocycles. The van der Waals surface area contributed by atoms with E-state index < -0.39 is 5.97 Å². The van der Waals surface area contributed by atoms with E-state index in [0.29, 0.717) is 25.9 Å². The van der Waals surface area contributed by atoms with Crippen LogP contribution in [0.1, 0.15) is 46.0 Å². The molecule has 0 aromatic heterocycles. The molecule has 21 heavy (non-hydrogen) atoms. The Labute approximate surface area is 126 Å². The van der Waals surface area contributed by atoms with Crippen molar-refractivity contribution in [2.45, 2.75) is 52.0 Å². The molecule has 0 aromatic rings. The Bertz CT molecular complexity index is 347. The summed E-state index contributed by atoms with van der Waals surface area (Å²) >= 11 is 0. The van der Waals surface area contributed by atoms with Crippen LogP contribution in [0, 0.1) is 11.8 Å². The third-order valence-corrected chi connectivity index (χ3v) is 4.18. The molecular formula is C15H28N2O4. The number of aliphatic hydroxyl groups excluding tert-OH is 1. The van der Waals surface area contributed by atoms with Gasteiger partial charge in [-0.05, 0) is 39.0 Å². The number of rotatable bonds is 7. The molecule has 1 rings (SSSR count). The first-order chi connectivity index (χ1) is 9.97. The van der Waals surface area contributed by atoms with E-state index in [4.69, 9.17) is 5.11 Å². The minimum Gasteiger partial charge on any atom is -0.481 e. The summed E-state index contributed by atoms with van der Waals surface area (Å²) in [4.78, 5) is 25.1. The Morgan fingerprint density at radius 1 is 1.29 bits per heavy atom. The van der Waals surface area contributed by atoms with Crippen molar-refractivity contribution in [2.75, 3.05) is 19.7 Å². The maximum absolute atomic E-state index is 12.2. The van der Waals surface area contributed by atoms with Crippen molar-refractivity contribution in [1.82, 2.24) is 10.2 Å². The van der Waals surface area contributed by atoms with E-state index >= 15 is 0 Å². The predicted molar refractivity (Wildman–Crippen MR) is 80.0 cm³/mol. The normalized spacial score (nSPS) is 22.1. The van der Waals surface area contributed by atoms with Gasteiger partial charge in [0.15, 0.2) is 0 Å². The Hall–Kier alpha value is -1.30. The van der Waals surface area contributed by atoms with E-state index in [1.54, 1.807) is 4.90 Å². The number of carboxylic acids is 1. The van der Waals surface area contributed by atoms with Gasteiger partial charge in [-0.25, -0.2) is 4.79 Å². The highest BCUT2D eigenvalue weighted by Crippen LogP contribution is 2.29. The molecule has 1 aliphatic rings. The molecule has 6 nitrogen and oxygen atoms in total. The van der Waals surface area contributed by atoms with E-state index in [-0.39, 0.29) is 30.5 Å². The number of amides is 2. The van der Waals surface area contributed by atoms with Gasteiger partial charge in [0, 0.05) is 25.7 Å². The van der Waals surface area contributed by atoms with Crippen molar-refractivity contribution in [1.29, 1.82) is 0 Å². The van der Waals surface area contributed by atoms with Crippen LogP contribution < -0.4 is 5.32 Å². The van der Waals surface area contributed by atoms with Crippen molar-refractivity contribution in [2.24, 2.45) is 11.8 Å². The molecule has 2 atom stereocenters. The molecule has 0 radical (unpaired) electrons. The van der Waals surface area contributed by atoms with Crippen molar-refractivity contribution in [3.63, 3.8) is 0 Å². The van der Waals surface area contributed by atoms with Crippen LogP contribution in [0.4, 0.5) is 4.79 Å². The quantitative estimate of drug-likeness (QED) is 0.667. The molecule has 3 N–H and O–H groups in total. The van der Waals surface area contributed by atoms with E-state index in [9.17, 15) is 14.7 Å². The van der Waals surface area contributed by atoms with Gasteiger partial charge < -0.3 is 20.4 Å². The lowest BCUT2D eigenvalue weighted by Crippen LogP contribution is -2.47. The van der Waals surface area contributed by atoms with Crippen LogP contribution in [0.2, 0.25) is 0 Å². The van der Waals surface area contributed by atoms with E-state index in [1.807, 2.05) is 13.8 Å². The van der Waals surface area contributed by atoms with E-state index in [2.05, 4.69) is 5.32 Å². The molecule has 0 aromatic carbocycles. The second-order valence-corrected chi connectivity index (χ2v) is 6.04. The van der Waals surface area contributed by atoms with Gasteiger partial charge in [0.2, 0.25) is 0 Å². The lowest BCUT2D eigenvalue weighted by molar-refractivity contribution is -0.144. The number of carbonyl (C=O) groups is 2. The number of carboxylic acid groups (broad SMARTS) is 1. The van der Waals surface area contributed by atoms with Crippen LogP contribution in [0.15, 0.2) is 0 Å². The molecular weight excluding hydrogens is 272 g/mol. The van der Waals surface area contributed by atoms with Crippen molar-refractivity contribution >= 4 is 12.0 Å². The molecule has 6 heteroatoms. The summed E-state index contributed by atoms with van der Waals surface area (Å²) in [7, 11) is 0. The van der Waals surface area contributed by atoms with Gasteiger partial charge in [-0.1, -0.05) is 12.8 Å². The van der Waals surface area contributed by atoms with Gasteiger partial charge in [-0.3, -0.25) is 4.79 Å². The maximum Gasteiger partial charge on any atom is 0.317 e. The van der Waals surface area contributed by atoms with Crippen LogP contribution in [-0.2, 0) is 4.79 Å². The van der Waals surface area contributed by atoms with Gasteiger partial charge in [-0.15, -0.1) is 0 Å². The lowest BCUT2D eigenvalue weighted by Gasteiger charge is -2.31. The Morgan fingerprint density at radius 2 is 1.95 bits per heavy atom. The average Bonchev–Trinajstić information content (AvgIpc) is 2.45. The topological polar surface area (TPSA) is 89.9 Å². The van der Waals surface area contributed by atoms with E-state index in [0.717, 1.165) is 19.3 Å². The van der Waals surface area contributed by atoms with Gasteiger partial charge in [0.05, 0.1) is 5.92 Å². The Morgan fingerprint density at radius 3 is 2.52 bits per heavy atom.